The number of methoxy groups -OCH3 is 2. The Morgan fingerprint density at radius 3 is 2.64 bits per heavy atom. The van der Waals surface area contributed by atoms with Gasteiger partial charge in [0.25, 0.3) is 5.91 Å². The van der Waals surface area contributed by atoms with E-state index in [0.717, 1.165) is 22.2 Å². The van der Waals surface area contributed by atoms with Crippen LogP contribution in [0.4, 0.5) is 0 Å². The first-order valence-electron chi connectivity index (χ1n) is 6.15. The van der Waals surface area contributed by atoms with E-state index in [4.69, 9.17) is 26.8 Å². The Balaban J connectivity index is 2.28. The van der Waals surface area contributed by atoms with Crippen molar-refractivity contribution in [3.63, 3.8) is 0 Å². The monoisotopic (exact) mass is 339 g/mol. The van der Waals surface area contributed by atoms with E-state index in [9.17, 15) is 9.59 Å². The van der Waals surface area contributed by atoms with Gasteiger partial charge in [-0.15, -0.1) is 0 Å². The third kappa shape index (κ3) is 3.40. The van der Waals surface area contributed by atoms with E-state index >= 15 is 0 Å². The van der Waals surface area contributed by atoms with Crippen molar-refractivity contribution < 1.29 is 24.2 Å². The van der Waals surface area contributed by atoms with Crippen LogP contribution in [0.2, 0.25) is 0 Å². The zero-order valence-electron chi connectivity index (χ0n) is 11.9. The number of rotatable bonds is 5. The number of hydrogen-bond acceptors (Lipinski definition) is 6. The largest absolute Gasteiger partial charge is 0.493 e. The molecular weight excluding hydrogens is 326 g/mol. The number of nitrogens with zero attached hydrogens (tertiary/aromatic N) is 1. The highest BCUT2D eigenvalue weighted by molar-refractivity contribution is 8.26. The lowest BCUT2D eigenvalue weighted by Crippen LogP contribution is -2.33. The maximum absolute atomic E-state index is 12.2. The summed E-state index contributed by atoms with van der Waals surface area (Å²) in [6.07, 6.45) is 1.64. The lowest BCUT2D eigenvalue weighted by atomic mass is 10.2. The summed E-state index contributed by atoms with van der Waals surface area (Å²) < 4.78 is 10.6. The summed E-state index contributed by atoms with van der Waals surface area (Å²) in [5, 5.41) is 8.80. The number of thiocarbonyl (C=S) groups is 1. The number of benzene rings is 1. The zero-order chi connectivity index (χ0) is 16.3. The molecule has 0 unspecified atom stereocenters. The predicted molar refractivity (Wildman–Crippen MR) is 87.1 cm³/mol. The molecule has 6 nitrogen and oxygen atoms in total. The fourth-order valence-electron chi connectivity index (χ4n) is 1.87. The highest BCUT2D eigenvalue weighted by Crippen LogP contribution is 2.34. The van der Waals surface area contributed by atoms with Gasteiger partial charge in [-0.1, -0.05) is 30.0 Å². The minimum absolute atomic E-state index is 0.235. The molecule has 22 heavy (non-hydrogen) atoms. The normalized spacial score (nSPS) is 16.3. The van der Waals surface area contributed by atoms with Crippen LogP contribution in [0, 0.1) is 0 Å². The van der Waals surface area contributed by atoms with E-state index in [0.29, 0.717) is 16.4 Å². The van der Waals surface area contributed by atoms with Crippen LogP contribution in [0.5, 0.6) is 11.5 Å². The van der Waals surface area contributed by atoms with Gasteiger partial charge in [0, 0.05) is 0 Å². The van der Waals surface area contributed by atoms with Crippen molar-refractivity contribution in [2.75, 3.05) is 20.8 Å². The Hall–Kier alpha value is -2.06. The Morgan fingerprint density at radius 1 is 1.36 bits per heavy atom. The molecule has 1 amide bonds. The molecule has 8 heteroatoms. The van der Waals surface area contributed by atoms with Crippen LogP contribution < -0.4 is 9.47 Å². The van der Waals surface area contributed by atoms with Crippen molar-refractivity contribution in [1.29, 1.82) is 0 Å². The average molecular weight is 339 g/mol. The number of hydrogen-bond donors (Lipinski definition) is 1. The summed E-state index contributed by atoms with van der Waals surface area (Å²) in [5.41, 5.74) is 0.730. The molecule has 0 atom stereocenters. The number of carboxylic acids is 1. The molecule has 1 aromatic carbocycles. The van der Waals surface area contributed by atoms with Gasteiger partial charge in [-0.3, -0.25) is 14.5 Å². The Labute approximate surface area is 136 Å². The maximum atomic E-state index is 12.2. The van der Waals surface area contributed by atoms with E-state index in [1.165, 1.54) is 14.2 Å². The molecule has 1 fully saturated rings. The van der Waals surface area contributed by atoms with Crippen LogP contribution in [-0.4, -0.2) is 47.0 Å². The van der Waals surface area contributed by atoms with Gasteiger partial charge in [0.1, 0.15) is 10.9 Å². The molecule has 0 saturated carbocycles. The summed E-state index contributed by atoms with van der Waals surface area (Å²) >= 11 is 6.11. The number of aliphatic carboxylic acids is 1. The Kier molecular flexibility index (Phi) is 5.04. The summed E-state index contributed by atoms with van der Waals surface area (Å²) in [6.45, 7) is -0.437. The van der Waals surface area contributed by atoms with Crippen LogP contribution in [0.1, 0.15) is 5.56 Å². The number of carbonyl (C=O) groups excluding carboxylic acids is 1. The van der Waals surface area contributed by atoms with Crippen molar-refractivity contribution in [2.45, 2.75) is 0 Å². The number of amides is 1. The van der Waals surface area contributed by atoms with Crippen LogP contribution in [0.3, 0.4) is 0 Å². The molecule has 0 aromatic heterocycles. The van der Waals surface area contributed by atoms with Crippen LogP contribution in [0.25, 0.3) is 6.08 Å². The molecule has 1 aliphatic heterocycles. The minimum atomic E-state index is -1.11. The van der Waals surface area contributed by atoms with Gasteiger partial charge in [0.15, 0.2) is 11.5 Å². The van der Waals surface area contributed by atoms with Crippen molar-refractivity contribution in [1.82, 2.24) is 4.90 Å². The van der Waals surface area contributed by atoms with Gasteiger partial charge in [0.05, 0.1) is 19.1 Å². The smallest absolute Gasteiger partial charge is 0.323 e. The zero-order valence-corrected chi connectivity index (χ0v) is 13.5. The SMILES string of the molecule is COc1ccc(/C=C2\SC(=S)N(CC(=O)O)C2=O)cc1OC. The molecule has 1 saturated heterocycles. The lowest BCUT2D eigenvalue weighted by Gasteiger charge is -2.10. The van der Waals surface area contributed by atoms with E-state index in [1.807, 2.05) is 0 Å². The summed E-state index contributed by atoms with van der Waals surface area (Å²) in [6, 6.07) is 5.22. The van der Waals surface area contributed by atoms with Gasteiger partial charge < -0.3 is 14.6 Å². The molecule has 1 aromatic rings. The quantitative estimate of drug-likeness (QED) is 0.649. The molecule has 116 valence electrons. The van der Waals surface area contributed by atoms with Crippen molar-refractivity contribution in [3.8, 4) is 11.5 Å². The van der Waals surface area contributed by atoms with Gasteiger partial charge in [0.2, 0.25) is 0 Å². The molecular formula is C14H13NO5S2. The second-order valence-electron chi connectivity index (χ2n) is 4.28. The van der Waals surface area contributed by atoms with Crippen LogP contribution in [-0.2, 0) is 9.59 Å². The maximum Gasteiger partial charge on any atom is 0.323 e. The Morgan fingerprint density at radius 2 is 2.05 bits per heavy atom. The lowest BCUT2D eigenvalue weighted by molar-refractivity contribution is -0.140. The van der Waals surface area contributed by atoms with Gasteiger partial charge in [-0.25, -0.2) is 0 Å². The second kappa shape index (κ2) is 6.80. The van der Waals surface area contributed by atoms with Crippen molar-refractivity contribution >= 4 is 46.3 Å². The van der Waals surface area contributed by atoms with E-state index in [-0.39, 0.29) is 4.32 Å². The highest BCUT2D eigenvalue weighted by Gasteiger charge is 2.33. The minimum Gasteiger partial charge on any atom is -0.493 e. The van der Waals surface area contributed by atoms with E-state index < -0.39 is 18.4 Å². The van der Waals surface area contributed by atoms with Crippen LogP contribution in [0.15, 0.2) is 23.1 Å². The topological polar surface area (TPSA) is 76.1 Å². The fourth-order valence-corrected chi connectivity index (χ4v) is 3.12. The third-order valence-electron chi connectivity index (χ3n) is 2.87. The number of ether oxygens (including phenoxy) is 2. The standard InChI is InChI=1S/C14H13NO5S2/c1-19-9-4-3-8(5-10(9)20-2)6-11-13(18)15(7-12(16)17)14(21)22-11/h3-6H,7H2,1-2H3,(H,16,17)/b11-6-. The summed E-state index contributed by atoms with van der Waals surface area (Å²) in [7, 11) is 3.06. The van der Waals surface area contributed by atoms with Crippen molar-refractivity contribution in [3.05, 3.63) is 28.7 Å². The third-order valence-corrected chi connectivity index (χ3v) is 4.25. The predicted octanol–water partition coefficient (Wildman–Crippen LogP) is 1.99. The molecule has 0 bridgehead atoms. The van der Waals surface area contributed by atoms with Crippen LogP contribution >= 0.6 is 24.0 Å². The molecule has 1 aliphatic rings. The first-order valence-corrected chi connectivity index (χ1v) is 7.38. The van der Waals surface area contributed by atoms with Crippen molar-refractivity contribution in [2.24, 2.45) is 0 Å². The average Bonchev–Trinajstić information content (AvgIpc) is 2.74. The molecule has 2 rings (SSSR count). The first-order chi connectivity index (χ1) is 10.5. The highest BCUT2D eigenvalue weighted by atomic mass is 32.2. The molecule has 1 heterocycles. The number of carboxylic acid groups (broad SMARTS) is 1. The van der Waals surface area contributed by atoms with E-state index in [1.54, 1.807) is 24.3 Å². The Bertz CT molecular complexity index is 671. The van der Waals surface area contributed by atoms with E-state index in [2.05, 4.69) is 0 Å². The summed E-state index contributed by atoms with van der Waals surface area (Å²) in [5.74, 6) is -0.397. The first kappa shape index (κ1) is 16.3. The molecule has 1 N–H and O–H groups in total. The summed E-state index contributed by atoms with van der Waals surface area (Å²) in [4.78, 5) is 24.4. The number of thioether (sulfide) groups is 1. The van der Waals surface area contributed by atoms with Gasteiger partial charge in [-0.2, -0.15) is 0 Å². The second-order valence-corrected chi connectivity index (χ2v) is 5.95. The number of carbonyl (C=O) groups is 2. The molecule has 0 aliphatic carbocycles. The molecule has 0 spiro atoms. The fraction of sp³-hybridized carbons (Fsp3) is 0.214. The van der Waals surface area contributed by atoms with Gasteiger partial charge >= 0.3 is 5.97 Å². The molecule has 0 radical (unpaired) electrons. The van der Waals surface area contributed by atoms with Gasteiger partial charge in [-0.05, 0) is 23.8 Å².